The number of unbranched alkanes of at least 4 members (excludes halogenated alkanes) is 5. The van der Waals surface area contributed by atoms with Crippen LogP contribution in [0.4, 0.5) is 0 Å². The summed E-state index contributed by atoms with van der Waals surface area (Å²) in [6, 6.07) is 18.5. The number of allylic oxidation sites excluding steroid dienone is 2. The van der Waals surface area contributed by atoms with Crippen LogP contribution in [0.15, 0.2) is 54.6 Å². The number of rotatable bonds is 12. The summed E-state index contributed by atoms with van der Waals surface area (Å²) in [6.45, 7) is 6.90. The van der Waals surface area contributed by atoms with Gasteiger partial charge < -0.3 is 0 Å². The van der Waals surface area contributed by atoms with Crippen LogP contribution in [0, 0.1) is 11.8 Å². The van der Waals surface area contributed by atoms with Crippen molar-refractivity contribution in [3.05, 3.63) is 65.7 Å². The molecule has 0 heteroatoms. The highest BCUT2D eigenvalue weighted by atomic mass is 14.2. The van der Waals surface area contributed by atoms with Crippen molar-refractivity contribution < 1.29 is 0 Å². The molecule has 0 aromatic heterocycles. The minimum Gasteiger partial charge on any atom is -0.0804 e. The van der Waals surface area contributed by atoms with Gasteiger partial charge in [0.25, 0.3) is 0 Å². The highest BCUT2D eigenvalue weighted by molar-refractivity contribution is 5.71. The fourth-order valence-corrected chi connectivity index (χ4v) is 4.82. The van der Waals surface area contributed by atoms with E-state index in [1.165, 1.54) is 99.3 Å². The normalized spacial score (nSPS) is 16.5. The van der Waals surface area contributed by atoms with E-state index in [1.54, 1.807) is 5.57 Å². The Bertz CT molecular complexity index is 776. The summed E-state index contributed by atoms with van der Waals surface area (Å²) in [6.07, 6.45) is 18.8. The van der Waals surface area contributed by atoms with Gasteiger partial charge in [0.15, 0.2) is 0 Å². The van der Waals surface area contributed by atoms with Crippen LogP contribution >= 0.6 is 0 Å². The van der Waals surface area contributed by atoms with Crippen LogP contribution in [0.25, 0.3) is 16.7 Å². The van der Waals surface area contributed by atoms with E-state index in [1.807, 2.05) is 0 Å². The summed E-state index contributed by atoms with van der Waals surface area (Å²) in [4.78, 5) is 0. The molecule has 0 bridgehead atoms. The van der Waals surface area contributed by atoms with E-state index in [4.69, 9.17) is 0 Å². The second-order valence-electron chi connectivity index (χ2n) is 10.1. The van der Waals surface area contributed by atoms with Crippen LogP contribution in [-0.2, 0) is 6.42 Å². The Balaban J connectivity index is 1.47. The Labute approximate surface area is 192 Å². The molecule has 0 nitrogen and oxygen atoms in total. The van der Waals surface area contributed by atoms with Gasteiger partial charge in [0.1, 0.15) is 0 Å². The smallest absolute Gasteiger partial charge is 0.0184 e. The predicted molar refractivity (Wildman–Crippen MR) is 138 cm³/mol. The lowest BCUT2D eigenvalue weighted by atomic mass is 9.83. The second kappa shape index (κ2) is 12.9. The number of benzene rings is 2. The fourth-order valence-electron chi connectivity index (χ4n) is 4.82. The van der Waals surface area contributed by atoms with Gasteiger partial charge in [0, 0.05) is 0 Å². The standard InChI is InChI=1S/C31H44/c1-4-5-6-7-8-9-10-26-13-17-28(18-14-26)30-21-23-31(24-22-30)29-19-15-27(16-20-29)12-11-25(2)3/h15-17,19-26H,4-14,18H2,1-3H3. The van der Waals surface area contributed by atoms with Gasteiger partial charge in [-0.1, -0.05) is 120 Å². The minimum absolute atomic E-state index is 0.771. The van der Waals surface area contributed by atoms with Crippen molar-refractivity contribution in [3.63, 3.8) is 0 Å². The monoisotopic (exact) mass is 416 g/mol. The predicted octanol–water partition coefficient (Wildman–Crippen LogP) is 9.88. The molecule has 0 spiro atoms. The van der Waals surface area contributed by atoms with Crippen molar-refractivity contribution in [2.24, 2.45) is 11.8 Å². The Kier molecular flexibility index (Phi) is 9.91. The Hall–Kier alpha value is -1.82. The zero-order valence-corrected chi connectivity index (χ0v) is 20.3. The zero-order valence-electron chi connectivity index (χ0n) is 20.3. The van der Waals surface area contributed by atoms with Gasteiger partial charge in [-0.15, -0.1) is 0 Å². The summed E-state index contributed by atoms with van der Waals surface area (Å²) in [5, 5.41) is 0. The minimum atomic E-state index is 0.771. The van der Waals surface area contributed by atoms with Crippen molar-refractivity contribution in [3.8, 4) is 11.1 Å². The van der Waals surface area contributed by atoms with Gasteiger partial charge in [-0.2, -0.15) is 0 Å². The van der Waals surface area contributed by atoms with Gasteiger partial charge in [-0.05, 0) is 71.8 Å². The molecule has 1 aliphatic carbocycles. The second-order valence-corrected chi connectivity index (χ2v) is 10.1. The maximum atomic E-state index is 2.53. The molecule has 0 aliphatic heterocycles. The Morgan fingerprint density at radius 3 is 2.00 bits per heavy atom. The Morgan fingerprint density at radius 1 is 0.774 bits per heavy atom. The first kappa shape index (κ1) is 23.8. The summed E-state index contributed by atoms with van der Waals surface area (Å²) in [5.41, 5.74) is 7.11. The van der Waals surface area contributed by atoms with E-state index in [2.05, 4.69) is 75.4 Å². The third-order valence-electron chi connectivity index (χ3n) is 7.04. The molecule has 0 saturated heterocycles. The van der Waals surface area contributed by atoms with E-state index >= 15 is 0 Å². The third-order valence-corrected chi connectivity index (χ3v) is 7.04. The van der Waals surface area contributed by atoms with E-state index in [0.717, 1.165) is 11.8 Å². The van der Waals surface area contributed by atoms with E-state index in [-0.39, 0.29) is 0 Å². The molecule has 0 heterocycles. The van der Waals surface area contributed by atoms with Crippen molar-refractivity contribution in [2.75, 3.05) is 0 Å². The Morgan fingerprint density at radius 2 is 1.39 bits per heavy atom. The first-order chi connectivity index (χ1) is 15.2. The molecular weight excluding hydrogens is 372 g/mol. The molecule has 1 unspecified atom stereocenters. The largest absolute Gasteiger partial charge is 0.0804 e. The lowest BCUT2D eigenvalue weighted by Gasteiger charge is -2.22. The summed E-state index contributed by atoms with van der Waals surface area (Å²) in [7, 11) is 0. The van der Waals surface area contributed by atoms with Crippen molar-refractivity contribution in [1.82, 2.24) is 0 Å². The van der Waals surface area contributed by atoms with E-state index in [0.29, 0.717) is 0 Å². The van der Waals surface area contributed by atoms with Crippen LogP contribution in [-0.4, -0.2) is 0 Å². The maximum Gasteiger partial charge on any atom is -0.0184 e. The van der Waals surface area contributed by atoms with Crippen LogP contribution < -0.4 is 0 Å². The molecule has 2 aromatic carbocycles. The maximum absolute atomic E-state index is 2.53. The lowest BCUT2D eigenvalue weighted by molar-refractivity contribution is 0.423. The van der Waals surface area contributed by atoms with Gasteiger partial charge in [-0.25, -0.2) is 0 Å². The molecule has 0 radical (unpaired) electrons. The highest BCUT2D eigenvalue weighted by Crippen LogP contribution is 2.33. The lowest BCUT2D eigenvalue weighted by Crippen LogP contribution is -2.05. The molecule has 0 amide bonds. The van der Waals surface area contributed by atoms with Crippen molar-refractivity contribution >= 4 is 5.57 Å². The SMILES string of the molecule is CCCCCCCCC1CC=C(c2ccc(-c3ccc(CCC(C)C)cc3)cc2)CC1. The molecule has 3 rings (SSSR count). The summed E-state index contributed by atoms with van der Waals surface area (Å²) < 4.78 is 0. The average molecular weight is 417 g/mol. The molecule has 1 aliphatic rings. The summed E-state index contributed by atoms with van der Waals surface area (Å²) in [5.74, 6) is 1.69. The third kappa shape index (κ3) is 7.99. The molecule has 31 heavy (non-hydrogen) atoms. The first-order valence-corrected chi connectivity index (χ1v) is 13.0. The van der Waals surface area contributed by atoms with E-state index in [9.17, 15) is 0 Å². The van der Waals surface area contributed by atoms with Crippen LogP contribution in [0.3, 0.4) is 0 Å². The molecule has 1 atom stereocenters. The van der Waals surface area contributed by atoms with Crippen LogP contribution in [0.2, 0.25) is 0 Å². The zero-order chi connectivity index (χ0) is 21.9. The van der Waals surface area contributed by atoms with Gasteiger partial charge >= 0.3 is 0 Å². The molecule has 2 aromatic rings. The van der Waals surface area contributed by atoms with Crippen LogP contribution in [0.1, 0.15) is 103 Å². The van der Waals surface area contributed by atoms with Gasteiger partial charge in [0.2, 0.25) is 0 Å². The highest BCUT2D eigenvalue weighted by Gasteiger charge is 2.15. The number of aryl methyl sites for hydroxylation is 1. The van der Waals surface area contributed by atoms with Gasteiger partial charge in [0.05, 0.1) is 0 Å². The molecule has 0 fully saturated rings. The first-order valence-electron chi connectivity index (χ1n) is 13.0. The quantitative estimate of drug-likeness (QED) is 0.302. The van der Waals surface area contributed by atoms with Crippen molar-refractivity contribution in [1.29, 1.82) is 0 Å². The number of hydrogen-bond donors (Lipinski definition) is 0. The molecule has 0 saturated carbocycles. The topological polar surface area (TPSA) is 0 Å². The molecular formula is C31H44. The molecule has 168 valence electrons. The van der Waals surface area contributed by atoms with E-state index < -0.39 is 0 Å². The summed E-state index contributed by atoms with van der Waals surface area (Å²) >= 11 is 0. The van der Waals surface area contributed by atoms with Crippen LogP contribution in [0.5, 0.6) is 0 Å². The fraction of sp³-hybridized carbons (Fsp3) is 0.548. The number of hydrogen-bond acceptors (Lipinski definition) is 0. The average Bonchev–Trinajstić information content (AvgIpc) is 2.81. The van der Waals surface area contributed by atoms with Crippen molar-refractivity contribution in [2.45, 2.75) is 97.8 Å². The van der Waals surface area contributed by atoms with Gasteiger partial charge in [-0.3, -0.25) is 0 Å². The molecule has 0 N–H and O–H groups in total.